The van der Waals surface area contributed by atoms with Gasteiger partial charge in [0.2, 0.25) is 0 Å². The van der Waals surface area contributed by atoms with Crippen LogP contribution in [-0.4, -0.2) is 41.6 Å². The minimum atomic E-state index is -4.51. The third kappa shape index (κ3) is 4.11. The van der Waals surface area contributed by atoms with Gasteiger partial charge >= 0.3 is 12.1 Å². The summed E-state index contributed by atoms with van der Waals surface area (Å²) in [5, 5.41) is 8.91. The summed E-state index contributed by atoms with van der Waals surface area (Å²) < 4.78 is 45.2. The highest BCUT2D eigenvalue weighted by atomic mass is 19.4. The van der Waals surface area contributed by atoms with Gasteiger partial charge < -0.3 is 14.7 Å². The van der Waals surface area contributed by atoms with Crippen LogP contribution >= 0.6 is 0 Å². The summed E-state index contributed by atoms with van der Waals surface area (Å²) >= 11 is 0. The molecular formula is C19H16F3NO4. The van der Waals surface area contributed by atoms with Crippen molar-refractivity contribution >= 4 is 11.9 Å². The first kappa shape index (κ1) is 18.9. The SMILES string of the molecule is O=C(O)c1ccc(C(=O)N2CCOC(c3ccccc3C(F)(F)F)C2)cc1. The molecule has 1 saturated heterocycles. The van der Waals surface area contributed by atoms with Crippen molar-refractivity contribution in [3.8, 4) is 0 Å². The summed E-state index contributed by atoms with van der Waals surface area (Å²) in [6.45, 7) is 0.326. The number of alkyl halides is 3. The summed E-state index contributed by atoms with van der Waals surface area (Å²) in [5.74, 6) is -1.49. The fourth-order valence-corrected chi connectivity index (χ4v) is 3.00. The van der Waals surface area contributed by atoms with E-state index in [1.54, 1.807) is 0 Å². The first-order valence-electron chi connectivity index (χ1n) is 8.17. The number of ether oxygens (including phenoxy) is 1. The number of hydrogen-bond donors (Lipinski definition) is 1. The lowest BCUT2D eigenvalue weighted by Gasteiger charge is -2.34. The summed E-state index contributed by atoms with van der Waals surface area (Å²) in [5.41, 5.74) is -0.478. The summed E-state index contributed by atoms with van der Waals surface area (Å²) in [6, 6.07) is 10.5. The number of carboxylic acid groups (broad SMARTS) is 1. The predicted molar refractivity (Wildman–Crippen MR) is 89.4 cm³/mol. The molecule has 1 aliphatic heterocycles. The van der Waals surface area contributed by atoms with E-state index in [0.29, 0.717) is 0 Å². The maximum Gasteiger partial charge on any atom is 0.416 e. The normalized spacial score (nSPS) is 17.6. The lowest BCUT2D eigenvalue weighted by molar-refractivity contribution is -0.140. The molecule has 2 aromatic carbocycles. The first-order chi connectivity index (χ1) is 12.8. The maximum absolute atomic E-state index is 13.2. The largest absolute Gasteiger partial charge is 0.478 e. The Balaban J connectivity index is 1.80. The van der Waals surface area contributed by atoms with Crippen molar-refractivity contribution in [2.45, 2.75) is 12.3 Å². The Bertz CT molecular complexity index is 849. The van der Waals surface area contributed by atoms with Crippen LogP contribution in [0.2, 0.25) is 0 Å². The van der Waals surface area contributed by atoms with Gasteiger partial charge in [-0.15, -0.1) is 0 Å². The van der Waals surface area contributed by atoms with Crippen molar-refractivity contribution in [3.63, 3.8) is 0 Å². The molecule has 0 aromatic heterocycles. The Morgan fingerprint density at radius 3 is 2.30 bits per heavy atom. The van der Waals surface area contributed by atoms with Gasteiger partial charge in [-0.1, -0.05) is 18.2 Å². The van der Waals surface area contributed by atoms with E-state index in [2.05, 4.69) is 0 Å². The zero-order valence-electron chi connectivity index (χ0n) is 14.1. The number of carbonyl (C=O) groups excluding carboxylic acids is 1. The van der Waals surface area contributed by atoms with Gasteiger partial charge in [-0.05, 0) is 35.9 Å². The van der Waals surface area contributed by atoms with E-state index < -0.39 is 23.8 Å². The number of carbonyl (C=O) groups is 2. The molecule has 1 aliphatic rings. The third-order valence-corrected chi connectivity index (χ3v) is 4.35. The third-order valence-electron chi connectivity index (χ3n) is 4.35. The average Bonchev–Trinajstić information content (AvgIpc) is 2.67. The minimum absolute atomic E-state index is 0.0104. The lowest BCUT2D eigenvalue weighted by Crippen LogP contribution is -2.42. The Labute approximate surface area is 153 Å². The van der Waals surface area contributed by atoms with Crippen LogP contribution in [0.15, 0.2) is 48.5 Å². The van der Waals surface area contributed by atoms with Crippen LogP contribution in [0.1, 0.15) is 37.9 Å². The number of morpholine rings is 1. The van der Waals surface area contributed by atoms with Crippen molar-refractivity contribution in [1.82, 2.24) is 4.90 Å². The summed E-state index contributed by atoms with van der Waals surface area (Å²) in [4.78, 5) is 24.9. The highest BCUT2D eigenvalue weighted by Gasteiger charge is 2.37. The van der Waals surface area contributed by atoms with Crippen molar-refractivity contribution in [2.75, 3.05) is 19.7 Å². The van der Waals surface area contributed by atoms with E-state index in [4.69, 9.17) is 9.84 Å². The van der Waals surface area contributed by atoms with E-state index in [1.807, 2.05) is 0 Å². The van der Waals surface area contributed by atoms with E-state index in [9.17, 15) is 22.8 Å². The number of carboxylic acids is 1. The molecule has 1 unspecified atom stereocenters. The zero-order valence-corrected chi connectivity index (χ0v) is 14.1. The molecule has 27 heavy (non-hydrogen) atoms. The van der Waals surface area contributed by atoms with Crippen molar-refractivity contribution in [3.05, 3.63) is 70.8 Å². The smallest absolute Gasteiger partial charge is 0.416 e. The molecule has 8 heteroatoms. The zero-order chi connectivity index (χ0) is 19.6. The topological polar surface area (TPSA) is 66.8 Å². The fourth-order valence-electron chi connectivity index (χ4n) is 3.00. The Hall–Kier alpha value is -2.87. The molecule has 2 aromatic rings. The van der Waals surface area contributed by atoms with Gasteiger partial charge in [-0.3, -0.25) is 4.79 Å². The van der Waals surface area contributed by atoms with E-state index >= 15 is 0 Å². The van der Waals surface area contributed by atoms with Crippen LogP contribution in [0.25, 0.3) is 0 Å². The molecule has 0 spiro atoms. The molecule has 0 saturated carbocycles. The molecule has 5 nitrogen and oxygen atoms in total. The van der Waals surface area contributed by atoms with Gasteiger partial charge in [0, 0.05) is 12.1 Å². The predicted octanol–water partition coefficient (Wildman–Crippen LogP) is 3.62. The number of benzene rings is 2. The molecule has 1 N–H and O–H groups in total. The van der Waals surface area contributed by atoms with Crippen LogP contribution in [0, 0.1) is 0 Å². The number of amides is 1. The molecule has 1 fully saturated rings. The highest BCUT2D eigenvalue weighted by molar-refractivity contribution is 5.96. The molecule has 1 amide bonds. The van der Waals surface area contributed by atoms with Gasteiger partial charge in [0.1, 0.15) is 6.10 Å². The van der Waals surface area contributed by atoms with Gasteiger partial charge in [0.25, 0.3) is 5.91 Å². The summed E-state index contributed by atoms with van der Waals surface area (Å²) in [6.07, 6.45) is -5.40. The van der Waals surface area contributed by atoms with Crippen LogP contribution < -0.4 is 0 Å². The van der Waals surface area contributed by atoms with Crippen molar-refractivity contribution in [1.29, 1.82) is 0 Å². The molecule has 142 valence electrons. The van der Waals surface area contributed by atoms with Crippen LogP contribution in [0.4, 0.5) is 13.2 Å². The van der Waals surface area contributed by atoms with Gasteiger partial charge in [0.05, 0.1) is 24.3 Å². The number of halogens is 3. The molecule has 0 radical (unpaired) electrons. The average molecular weight is 379 g/mol. The van der Waals surface area contributed by atoms with Crippen molar-refractivity contribution in [2.24, 2.45) is 0 Å². The number of hydrogen-bond acceptors (Lipinski definition) is 3. The summed E-state index contributed by atoms with van der Waals surface area (Å²) in [7, 11) is 0. The van der Waals surface area contributed by atoms with Gasteiger partial charge in [0.15, 0.2) is 0 Å². The van der Waals surface area contributed by atoms with Gasteiger partial charge in [-0.25, -0.2) is 4.79 Å². The standard InChI is InChI=1S/C19H16F3NO4/c20-19(21,22)15-4-2-1-3-14(15)16-11-23(9-10-27-16)17(24)12-5-7-13(8-6-12)18(25)26/h1-8,16H,9-11H2,(H,25,26). The van der Waals surface area contributed by atoms with E-state index in [0.717, 1.165) is 6.07 Å². The molecule has 1 heterocycles. The molecule has 1 atom stereocenters. The second kappa shape index (κ2) is 7.40. The Morgan fingerprint density at radius 2 is 1.67 bits per heavy atom. The number of rotatable bonds is 3. The van der Waals surface area contributed by atoms with E-state index in [1.165, 1.54) is 47.4 Å². The van der Waals surface area contributed by atoms with E-state index in [-0.39, 0.29) is 42.3 Å². The highest BCUT2D eigenvalue weighted by Crippen LogP contribution is 2.36. The Morgan fingerprint density at radius 1 is 1.04 bits per heavy atom. The van der Waals surface area contributed by atoms with Crippen LogP contribution in [0.5, 0.6) is 0 Å². The first-order valence-corrected chi connectivity index (χ1v) is 8.17. The number of aromatic carboxylic acids is 1. The molecule has 0 bridgehead atoms. The molecular weight excluding hydrogens is 363 g/mol. The van der Waals surface area contributed by atoms with Crippen molar-refractivity contribution < 1.29 is 32.6 Å². The molecule has 3 rings (SSSR count). The van der Waals surface area contributed by atoms with Gasteiger partial charge in [-0.2, -0.15) is 13.2 Å². The van der Waals surface area contributed by atoms with Crippen LogP contribution in [-0.2, 0) is 10.9 Å². The quantitative estimate of drug-likeness (QED) is 0.885. The minimum Gasteiger partial charge on any atom is -0.478 e. The maximum atomic E-state index is 13.2. The fraction of sp³-hybridized carbons (Fsp3) is 0.263. The monoisotopic (exact) mass is 379 g/mol. The molecule has 0 aliphatic carbocycles. The lowest BCUT2D eigenvalue weighted by atomic mass is 10.00. The second-order valence-electron chi connectivity index (χ2n) is 6.08. The number of nitrogens with zero attached hydrogens (tertiary/aromatic N) is 1. The Kier molecular flexibility index (Phi) is 5.18. The second-order valence-corrected chi connectivity index (χ2v) is 6.08. The van der Waals surface area contributed by atoms with Crippen LogP contribution in [0.3, 0.4) is 0 Å².